The van der Waals surface area contributed by atoms with Crippen LogP contribution in [0.2, 0.25) is 0 Å². The Morgan fingerprint density at radius 2 is 2.00 bits per heavy atom. The van der Waals surface area contributed by atoms with Crippen molar-refractivity contribution >= 4 is 17.7 Å². The first-order valence-electron chi connectivity index (χ1n) is 6.52. The molecule has 104 valence electrons. The number of rotatable bonds is 5. The van der Waals surface area contributed by atoms with Crippen LogP contribution in [0.3, 0.4) is 0 Å². The molecule has 1 saturated heterocycles. The van der Waals surface area contributed by atoms with E-state index in [4.69, 9.17) is 16.5 Å². The number of carbonyl (C=O) groups excluding carboxylic acids is 1. The Balaban J connectivity index is 1.99. The van der Waals surface area contributed by atoms with Crippen LogP contribution in [-0.2, 0) is 11.2 Å². The van der Waals surface area contributed by atoms with Crippen molar-refractivity contribution in [3.63, 3.8) is 0 Å². The predicted octanol–water partition coefficient (Wildman–Crippen LogP) is 1.97. The van der Waals surface area contributed by atoms with E-state index in [0.29, 0.717) is 6.42 Å². The highest BCUT2D eigenvalue weighted by Gasteiger charge is 2.25. The predicted molar refractivity (Wildman–Crippen MR) is 75.3 cm³/mol. The highest BCUT2D eigenvalue weighted by Crippen LogP contribution is 2.15. The molecule has 19 heavy (non-hydrogen) atoms. The van der Waals surface area contributed by atoms with Gasteiger partial charge in [0, 0.05) is 13.1 Å². The summed E-state index contributed by atoms with van der Waals surface area (Å²) >= 11 is 5.73. The Bertz CT molecular complexity index is 416. The first kappa shape index (κ1) is 14.2. The third-order valence-electron chi connectivity index (χ3n) is 3.45. The lowest BCUT2D eigenvalue weighted by molar-refractivity contribution is -0.131. The van der Waals surface area contributed by atoms with Gasteiger partial charge in [0.1, 0.15) is 11.8 Å². The van der Waals surface area contributed by atoms with E-state index in [1.807, 2.05) is 29.2 Å². The van der Waals surface area contributed by atoms with E-state index >= 15 is 0 Å². The first-order chi connectivity index (χ1) is 9.24. The number of hydrogen-bond acceptors (Lipinski definition) is 3. The van der Waals surface area contributed by atoms with Gasteiger partial charge in [-0.1, -0.05) is 12.1 Å². The lowest BCUT2D eigenvalue weighted by Crippen LogP contribution is -2.43. The molecule has 1 aliphatic rings. The van der Waals surface area contributed by atoms with E-state index in [1.165, 1.54) is 0 Å². The zero-order chi connectivity index (χ0) is 13.7. The van der Waals surface area contributed by atoms with Crippen molar-refractivity contribution in [2.45, 2.75) is 25.3 Å². The monoisotopic (exact) mass is 282 g/mol. The Hall–Kier alpha value is -1.26. The van der Waals surface area contributed by atoms with Crippen molar-refractivity contribution in [1.82, 2.24) is 9.74 Å². The summed E-state index contributed by atoms with van der Waals surface area (Å²) in [6.45, 7) is 1.69. The van der Waals surface area contributed by atoms with E-state index in [1.54, 1.807) is 7.11 Å². The van der Waals surface area contributed by atoms with E-state index in [0.717, 1.165) is 37.2 Å². The van der Waals surface area contributed by atoms with E-state index in [9.17, 15) is 4.79 Å². The van der Waals surface area contributed by atoms with Crippen molar-refractivity contribution in [3.05, 3.63) is 29.8 Å². The summed E-state index contributed by atoms with van der Waals surface area (Å²) in [5, 5.41) is 0. The standard InChI is InChI=1S/C14H19ClN2O2/c1-19-12-6-4-11(5-7-12)10-13(16-15)14(18)17-8-2-3-9-17/h4-7,13,16H,2-3,8-10H2,1H3/t13-/m1/s1. The van der Waals surface area contributed by atoms with Crippen molar-refractivity contribution in [3.8, 4) is 5.75 Å². The molecule has 1 amide bonds. The molecule has 0 unspecified atom stereocenters. The number of carbonyl (C=O) groups is 1. The third-order valence-corrected chi connectivity index (χ3v) is 3.71. The molecule has 1 atom stereocenters. The molecule has 5 heteroatoms. The summed E-state index contributed by atoms with van der Waals surface area (Å²) in [7, 11) is 1.63. The zero-order valence-electron chi connectivity index (χ0n) is 11.1. The molecule has 0 saturated carbocycles. The number of likely N-dealkylation sites (tertiary alicyclic amines) is 1. The fraction of sp³-hybridized carbons (Fsp3) is 0.500. The minimum absolute atomic E-state index is 0.0864. The Labute approximate surface area is 118 Å². The quantitative estimate of drug-likeness (QED) is 0.840. The van der Waals surface area contributed by atoms with Gasteiger partial charge in [0.2, 0.25) is 5.91 Å². The fourth-order valence-corrected chi connectivity index (χ4v) is 2.50. The van der Waals surface area contributed by atoms with Gasteiger partial charge in [-0.3, -0.25) is 4.79 Å². The van der Waals surface area contributed by atoms with Gasteiger partial charge in [0.25, 0.3) is 0 Å². The lowest BCUT2D eigenvalue weighted by atomic mass is 10.1. The maximum absolute atomic E-state index is 12.3. The third kappa shape index (κ3) is 3.61. The molecule has 4 nitrogen and oxygen atoms in total. The van der Waals surface area contributed by atoms with Gasteiger partial charge < -0.3 is 9.64 Å². The summed E-state index contributed by atoms with van der Waals surface area (Å²) < 4.78 is 5.11. The molecule has 1 aliphatic heterocycles. The van der Waals surface area contributed by atoms with Crippen LogP contribution in [0.4, 0.5) is 0 Å². The van der Waals surface area contributed by atoms with Crippen molar-refractivity contribution in [2.75, 3.05) is 20.2 Å². The minimum atomic E-state index is -0.367. The van der Waals surface area contributed by atoms with Crippen molar-refractivity contribution in [1.29, 1.82) is 0 Å². The minimum Gasteiger partial charge on any atom is -0.497 e. The van der Waals surface area contributed by atoms with Crippen molar-refractivity contribution in [2.24, 2.45) is 0 Å². The maximum atomic E-state index is 12.3. The number of ether oxygens (including phenoxy) is 1. The van der Waals surface area contributed by atoms with Gasteiger partial charge in [0.05, 0.1) is 7.11 Å². The topological polar surface area (TPSA) is 41.6 Å². The van der Waals surface area contributed by atoms with E-state index in [-0.39, 0.29) is 11.9 Å². The second kappa shape index (κ2) is 6.78. The van der Waals surface area contributed by atoms with Crippen LogP contribution in [0.15, 0.2) is 24.3 Å². The van der Waals surface area contributed by atoms with Gasteiger partial charge in [-0.15, -0.1) is 0 Å². The average molecular weight is 283 g/mol. The van der Waals surface area contributed by atoms with Gasteiger partial charge in [-0.05, 0) is 48.7 Å². The van der Waals surface area contributed by atoms with Crippen LogP contribution >= 0.6 is 11.8 Å². The van der Waals surface area contributed by atoms with Crippen molar-refractivity contribution < 1.29 is 9.53 Å². The van der Waals surface area contributed by atoms with Crippen LogP contribution in [0.1, 0.15) is 18.4 Å². The largest absolute Gasteiger partial charge is 0.497 e. The number of hydrogen-bond donors (Lipinski definition) is 1. The van der Waals surface area contributed by atoms with Crippen LogP contribution in [0.5, 0.6) is 5.75 Å². The Morgan fingerprint density at radius 3 is 2.53 bits per heavy atom. The number of halogens is 1. The molecule has 1 aromatic carbocycles. The number of nitrogens with one attached hydrogen (secondary N) is 1. The zero-order valence-corrected chi connectivity index (χ0v) is 11.8. The molecule has 0 aromatic heterocycles. The molecular weight excluding hydrogens is 264 g/mol. The second-order valence-corrected chi connectivity index (χ2v) is 4.96. The summed E-state index contributed by atoms with van der Waals surface area (Å²) in [4.78, 5) is 16.7. The summed E-state index contributed by atoms with van der Waals surface area (Å²) in [6, 6.07) is 7.32. The molecule has 1 aromatic rings. The molecule has 1 heterocycles. The van der Waals surface area contributed by atoms with Crippen LogP contribution in [0, 0.1) is 0 Å². The number of nitrogens with zero attached hydrogens (tertiary/aromatic N) is 1. The molecule has 0 aliphatic carbocycles. The van der Waals surface area contributed by atoms with Gasteiger partial charge in [-0.25, -0.2) is 4.84 Å². The normalized spacial score (nSPS) is 16.4. The van der Waals surface area contributed by atoms with Crippen LogP contribution in [-0.4, -0.2) is 37.0 Å². The lowest BCUT2D eigenvalue weighted by Gasteiger charge is -2.22. The molecule has 0 radical (unpaired) electrons. The molecular formula is C14H19ClN2O2. The number of benzene rings is 1. The summed E-state index contributed by atoms with van der Waals surface area (Å²) in [5.74, 6) is 0.897. The Kier molecular flexibility index (Phi) is 5.05. The molecule has 1 N–H and O–H groups in total. The molecule has 0 spiro atoms. The molecule has 1 fully saturated rings. The average Bonchev–Trinajstić information content (AvgIpc) is 2.99. The van der Waals surface area contributed by atoms with E-state index in [2.05, 4.69) is 4.84 Å². The maximum Gasteiger partial charge on any atom is 0.241 e. The number of amides is 1. The van der Waals surface area contributed by atoms with Gasteiger partial charge in [0.15, 0.2) is 0 Å². The first-order valence-corrected chi connectivity index (χ1v) is 6.90. The van der Waals surface area contributed by atoms with Gasteiger partial charge in [-0.2, -0.15) is 0 Å². The molecule has 0 bridgehead atoms. The van der Waals surface area contributed by atoms with Gasteiger partial charge >= 0.3 is 0 Å². The van der Waals surface area contributed by atoms with Crippen LogP contribution < -0.4 is 9.57 Å². The second-order valence-electron chi connectivity index (χ2n) is 4.75. The Morgan fingerprint density at radius 1 is 1.37 bits per heavy atom. The smallest absolute Gasteiger partial charge is 0.241 e. The summed E-state index contributed by atoms with van der Waals surface area (Å²) in [5.41, 5.74) is 1.06. The summed E-state index contributed by atoms with van der Waals surface area (Å²) in [6.07, 6.45) is 2.76. The van der Waals surface area contributed by atoms with Crippen LogP contribution in [0.25, 0.3) is 0 Å². The fourth-order valence-electron chi connectivity index (χ4n) is 2.33. The molecule has 2 rings (SSSR count). The SMILES string of the molecule is COc1ccc(C[C@@H](NCl)C(=O)N2CCCC2)cc1. The highest BCUT2D eigenvalue weighted by atomic mass is 35.5. The number of methoxy groups -OCH3 is 1. The highest BCUT2D eigenvalue weighted by molar-refractivity contribution is 6.15. The van der Waals surface area contributed by atoms with E-state index < -0.39 is 0 Å².